The van der Waals surface area contributed by atoms with E-state index in [1.54, 1.807) is 12.1 Å². The molecule has 0 bridgehead atoms. The Bertz CT molecular complexity index is 1100. The molecule has 0 saturated heterocycles. The zero-order valence-corrected chi connectivity index (χ0v) is 13.3. The monoisotopic (exact) mass is 347 g/mol. The third-order valence-corrected chi connectivity index (χ3v) is 6.43. The number of hydrogen-bond donors (Lipinski definition) is 1. The molecule has 1 heterocycles. The van der Waals surface area contributed by atoms with Gasteiger partial charge in [0.2, 0.25) is 0 Å². The quantitative estimate of drug-likeness (QED) is 0.491. The number of hydrogen-bond acceptors (Lipinski definition) is 2. The maximum Gasteiger partial charge on any atom is 0.262 e. The number of benzene rings is 3. The minimum Gasteiger partial charge on any atom is -0.279 e. The normalized spacial score (nSPS) is 15.9. The zero-order valence-electron chi connectivity index (χ0n) is 10.9. The molecule has 0 spiro atoms. The van der Waals surface area contributed by atoms with Gasteiger partial charge in [-0.3, -0.25) is 4.72 Å². The lowest BCUT2D eigenvalue weighted by Gasteiger charge is -2.04. The molecule has 0 atom stereocenters. The van der Waals surface area contributed by atoms with Crippen LogP contribution in [0.5, 0.6) is 0 Å². The van der Waals surface area contributed by atoms with E-state index < -0.39 is 10.0 Å². The molecule has 0 radical (unpaired) electrons. The predicted molar refractivity (Wildman–Crippen MR) is 89.2 cm³/mol. The Morgan fingerprint density at radius 3 is 2.00 bits per heavy atom. The van der Waals surface area contributed by atoms with Gasteiger partial charge in [0.05, 0.1) is 20.6 Å². The molecule has 3 nitrogen and oxygen atoms in total. The molecular formula is C16H7Cl2NO2S. The first-order valence-electron chi connectivity index (χ1n) is 6.60. The van der Waals surface area contributed by atoms with Crippen LogP contribution in [0.3, 0.4) is 0 Å². The summed E-state index contributed by atoms with van der Waals surface area (Å²) in [5.41, 5.74) is 4.57. The largest absolute Gasteiger partial charge is 0.279 e. The van der Waals surface area contributed by atoms with Crippen LogP contribution in [0.1, 0.15) is 0 Å². The summed E-state index contributed by atoms with van der Waals surface area (Å²) in [6.45, 7) is 0. The van der Waals surface area contributed by atoms with Crippen LogP contribution in [0, 0.1) is 0 Å². The zero-order chi connectivity index (χ0) is 15.2. The molecule has 108 valence electrons. The van der Waals surface area contributed by atoms with Crippen LogP contribution in [0.25, 0.3) is 33.0 Å². The highest BCUT2D eigenvalue weighted by Crippen LogP contribution is 2.53. The average Bonchev–Trinajstić information content (AvgIpc) is 2.91. The van der Waals surface area contributed by atoms with Gasteiger partial charge < -0.3 is 0 Å². The van der Waals surface area contributed by atoms with Crippen molar-refractivity contribution in [2.24, 2.45) is 0 Å². The van der Waals surface area contributed by atoms with E-state index in [2.05, 4.69) is 4.72 Å². The van der Waals surface area contributed by atoms with Gasteiger partial charge in [0.15, 0.2) is 0 Å². The lowest BCUT2D eigenvalue weighted by Crippen LogP contribution is -2.05. The van der Waals surface area contributed by atoms with E-state index >= 15 is 0 Å². The first kappa shape index (κ1) is 12.8. The topological polar surface area (TPSA) is 46.2 Å². The van der Waals surface area contributed by atoms with Crippen molar-refractivity contribution >= 4 is 49.7 Å². The summed E-state index contributed by atoms with van der Waals surface area (Å²) in [7, 11) is -3.47. The Balaban J connectivity index is 2.03. The molecule has 1 aliphatic carbocycles. The van der Waals surface area contributed by atoms with Crippen molar-refractivity contribution < 1.29 is 8.42 Å². The van der Waals surface area contributed by atoms with Gasteiger partial charge in [-0.2, -0.15) is 0 Å². The van der Waals surface area contributed by atoms with Crippen molar-refractivity contribution in [3.63, 3.8) is 0 Å². The maximum absolute atomic E-state index is 12.2. The Hall–Kier alpha value is -1.75. The van der Waals surface area contributed by atoms with Gasteiger partial charge in [-0.05, 0) is 46.5 Å². The smallest absolute Gasteiger partial charge is 0.262 e. The second kappa shape index (κ2) is 3.77. The van der Waals surface area contributed by atoms with Crippen LogP contribution in [0.4, 0.5) is 5.69 Å². The second-order valence-electron chi connectivity index (χ2n) is 5.44. The molecule has 3 aromatic rings. The van der Waals surface area contributed by atoms with Gasteiger partial charge in [0, 0.05) is 10.8 Å². The summed E-state index contributed by atoms with van der Waals surface area (Å²) in [4.78, 5) is 0.327. The molecule has 0 aromatic heterocycles. The van der Waals surface area contributed by atoms with Crippen LogP contribution in [-0.2, 0) is 10.0 Å². The van der Waals surface area contributed by atoms with E-state index in [1.165, 1.54) is 0 Å². The standard InChI is InChI=1S/C16H7Cl2NO2S/c17-11-5-9-7-1-3-13-16-14(22(20,21)19-13)4-2-8(15(7)16)10(9)6-12(11)18/h1-6,19H. The van der Waals surface area contributed by atoms with Gasteiger partial charge >= 0.3 is 0 Å². The molecular weight excluding hydrogens is 341 g/mol. The maximum atomic E-state index is 12.2. The van der Waals surface area contributed by atoms with E-state index in [4.69, 9.17) is 23.2 Å². The third-order valence-electron chi connectivity index (χ3n) is 4.30. The number of fused-ring (bicyclic) bond motifs is 3. The van der Waals surface area contributed by atoms with Gasteiger partial charge in [-0.25, -0.2) is 8.42 Å². The first-order chi connectivity index (χ1) is 10.5. The number of nitrogens with one attached hydrogen (secondary N) is 1. The van der Waals surface area contributed by atoms with Crippen molar-refractivity contribution in [2.45, 2.75) is 4.90 Å². The molecule has 1 N–H and O–H groups in total. The summed E-state index contributed by atoms with van der Waals surface area (Å²) in [6.07, 6.45) is 0. The Morgan fingerprint density at radius 2 is 1.36 bits per heavy atom. The molecule has 6 heteroatoms. The van der Waals surface area contributed by atoms with E-state index in [-0.39, 0.29) is 0 Å². The van der Waals surface area contributed by atoms with Crippen molar-refractivity contribution in [1.29, 1.82) is 0 Å². The molecule has 3 aromatic carbocycles. The van der Waals surface area contributed by atoms with Crippen molar-refractivity contribution in [1.82, 2.24) is 0 Å². The lowest BCUT2D eigenvalue weighted by atomic mass is 10.0. The average molecular weight is 348 g/mol. The van der Waals surface area contributed by atoms with Gasteiger partial charge in [-0.1, -0.05) is 35.3 Å². The van der Waals surface area contributed by atoms with Crippen molar-refractivity contribution in [2.75, 3.05) is 4.72 Å². The Labute approximate surface area is 136 Å². The van der Waals surface area contributed by atoms with Crippen LogP contribution < -0.4 is 4.72 Å². The number of rotatable bonds is 0. The van der Waals surface area contributed by atoms with Crippen LogP contribution >= 0.6 is 23.2 Å². The molecule has 2 aliphatic rings. The molecule has 0 fully saturated rings. The number of halogens is 2. The van der Waals surface area contributed by atoms with Crippen LogP contribution in [0.2, 0.25) is 10.0 Å². The highest BCUT2D eigenvalue weighted by Gasteiger charge is 2.33. The highest BCUT2D eigenvalue weighted by atomic mass is 35.5. The lowest BCUT2D eigenvalue weighted by molar-refractivity contribution is 0.603. The fourth-order valence-corrected chi connectivity index (χ4v) is 5.04. The van der Waals surface area contributed by atoms with Crippen molar-refractivity contribution in [3.05, 3.63) is 46.4 Å². The van der Waals surface area contributed by atoms with Crippen LogP contribution in [0.15, 0.2) is 41.3 Å². The predicted octanol–water partition coefficient (Wildman–Crippen LogP) is 4.91. The second-order valence-corrected chi connectivity index (χ2v) is 7.90. The SMILES string of the molecule is O=S1(=O)Nc2ccc3c4c(ccc1c24)-c1cc(Cl)c(Cl)cc1-3. The fourth-order valence-electron chi connectivity index (χ4n) is 3.41. The Morgan fingerprint density at radius 1 is 0.773 bits per heavy atom. The fraction of sp³-hybridized carbons (Fsp3) is 0. The molecule has 0 amide bonds. The van der Waals surface area contributed by atoms with Crippen molar-refractivity contribution in [3.8, 4) is 22.3 Å². The Kier molecular flexibility index (Phi) is 2.19. The number of anilines is 1. The third kappa shape index (κ3) is 1.36. The van der Waals surface area contributed by atoms with E-state index in [9.17, 15) is 8.42 Å². The first-order valence-corrected chi connectivity index (χ1v) is 8.83. The highest BCUT2D eigenvalue weighted by molar-refractivity contribution is 7.93. The van der Waals surface area contributed by atoms with Gasteiger partial charge in [-0.15, -0.1) is 0 Å². The minimum atomic E-state index is -3.47. The molecule has 0 saturated carbocycles. The van der Waals surface area contributed by atoms with Crippen LogP contribution in [-0.4, -0.2) is 8.42 Å². The van der Waals surface area contributed by atoms with E-state index in [0.29, 0.717) is 20.6 Å². The minimum absolute atomic E-state index is 0.327. The summed E-state index contributed by atoms with van der Waals surface area (Å²) >= 11 is 12.3. The van der Waals surface area contributed by atoms with Gasteiger partial charge in [0.1, 0.15) is 0 Å². The molecule has 0 unspecified atom stereocenters. The van der Waals surface area contributed by atoms with E-state index in [1.807, 2.05) is 24.3 Å². The molecule has 5 rings (SSSR count). The summed E-state index contributed by atoms with van der Waals surface area (Å²) in [6, 6.07) is 10.9. The summed E-state index contributed by atoms with van der Waals surface area (Å²) in [5, 5.41) is 2.67. The molecule has 22 heavy (non-hydrogen) atoms. The molecule has 1 aliphatic heterocycles. The summed E-state index contributed by atoms with van der Waals surface area (Å²) < 4.78 is 27.0. The van der Waals surface area contributed by atoms with Gasteiger partial charge in [0.25, 0.3) is 10.0 Å². The summed E-state index contributed by atoms with van der Waals surface area (Å²) in [5.74, 6) is 0. The number of sulfonamides is 1. The van der Waals surface area contributed by atoms with E-state index in [0.717, 1.165) is 33.0 Å².